The standard InChI is InChI=1S/C54H36N2/c1-4-17-37(18-5-1)41-34-47(38-19-6-2-7-20-38)54(48(35-41)39-21-8-3-9-22-39)40-23-16-24-42(33-40)55-52-30-15-12-27-46(52)49-36-43(31-32-53(49)55)56-50-28-13-10-25-44(50)45-26-11-14-29-51(45)56/h1-36H/i1D,2D,3D,4D,5D,6D,7D,8D,9D,17D,18D,19D,20D,21D,22D. The normalized spacial score (nSPS) is 15.3. The van der Waals surface area contributed by atoms with Gasteiger partial charge in [0.1, 0.15) is 0 Å². The second kappa shape index (κ2) is 13.2. The van der Waals surface area contributed by atoms with Gasteiger partial charge in [-0.1, -0.05) is 157 Å². The van der Waals surface area contributed by atoms with Crippen molar-refractivity contribution >= 4 is 43.6 Å². The third-order valence-electron chi connectivity index (χ3n) is 10.4. The first-order valence-electron chi connectivity index (χ1n) is 25.5. The fourth-order valence-corrected chi connectivity index (χ4v) is 8.03. The highest BCUT2D eigenvalue weighted by atomic mass is 15.0. The molecule has 56 heavy (non-hydrogen) atoms. The molecule has 0 N–H and O–H groups in total. The van der Waals surface area contributed by atoms with E-state index >= 15 is 0 Å². The summed E-state index contributed by atoms with van der Waals surface area (Å²) < 4.78 is 137. The van der Waals surface area contributed by atoms with Gasteiger partial charge >= 0.3 is 0 Å². The van der Waals surface area contributed by atoms with E-state index < -0.39 is 90.6 Å². The number of nitrogens with zero attached hydrogens (tertiary/aromatic N) is 2. The van der Waals surface area contributed by atoms with E-state index in [4.69, 9.17) is 15.1 Å². The van der Waals surface area contributed by atoms with Crippen molar-refractivity contribution in [1.29, 1.82) is 0 Å². The van der Waals surface area contributed by atoms with Gasteiger partial charge in [0.25, 0.3) is 0 Å². The van der Waals surface area contributed by atoms with Crippen molar-refractivity contribution in [1.82, 2.24) is 9.13 Å². The van der Waals surface area contributed by atoms with E-state index in [2.05, 4.69) is 45.5 Å². The summed E-state index contributed by atoms with van der Waals surface area (Å²) in [6.45, 7) is 0. The van der Waals surface area contributed by atoms with E-state index in [-0.39, 0.29) is 38.9 Å². The predicted octanol–water partition coefficient (Wildman–Crippen LogP) is 14.5. The first-order chi connectivity index (χ1) is 34.0. The number of hydrogen-bond acceptors (Lipinski definition) is 0. The van der Waals surface area contributed by atoms with Crippen molar-refractivity contribution < 1.29 is 20.6 Å². The minimum Gasteiger partial charge on any atom is -0.309 e. The van der Waals surface area contributed by atoms with Crippen molar-refractivity contribution in [3.8, 4) is 55.9 Å². The molecule has 0 radical (unpaired) electrons. The van der Waals surface area contributed by atoms with E-state index in [0.29, 0.717) is 11.3 Å². The molecule has 0 aliphatic carbocycles. The van der Waals surface area contributed by atoms with Crippen LogP contribution < -0.4 is 0 Å². The average molecular weight is 728 g/mol. The number of para-hydroxylation sites is 3. The number of aromatic nitrogens is 2. The molecule has 0 fully saturated rings. The summed E-state index contributed by atoms with van der Waals surface area (Å²) in [6.07, 6.45) is 0. The first kappa shape index (κ1) is 20.3. The Morgan fingerprint density at radius 2 is 0.750 bits per heavy atom. The number of rotatable bonds is 6. The molecule has 2 heteroatoms. The quantitative estimate of drug-likeness (QED) is 0.161. The second-order valence-corrected chi connectivity index (χ2v) is 13.4. The second-order valence-electron chi connectivity index (χ2n) is 13.4. The minimum absolute atomic E-state index is 0.0803. The van der Waals surface area contributed by atoms with Crippen LogP contribution in [-0.4, -0.2) is 9.13 Å². The highest BCUT2D eigenvalue weighted by Gasteiger charge is 2.20. The maximum Gasteiger partial charge on any atom is 0.0629 e. The Kier molecular flexibility index (Phi) is 4.77. The van der Waals surface area contributed by atoms with Gasteiger partial charge in [-0.2, -0.15) is 0 Å². The van der Waals surface area contributed by atoms with Gasteiger partial charge in [-0.3, -0.25) is 0 Å². The zero-order chi connectivity index (χ0) is 50.1. The van der Waals surface area contributed by atoms with Gasteiger partial charge in [0.2, 0.25) is 0 Å². The molecule has 0 atom stereocenters. The van der Waals surface area contributed by atoms with Crippen LogP contribution in [0.25, 0.3) is 99.5 Å². The van der Waals surface area contributed by atoms with Crippen LogP contribution in [0.4, 0.5) is 0 Å². The molecule has 0 aliphatic rings. The Morgan fingerprint density at radius 3 is 1.29 bits per heavy atom. The molecule has 0 amide bonds. The molecule has 2 nitrogen and oxygen atoms in total. The summed E-state index contributed by atoms with van der Waals surface area (Å²) in [5.74, 6) is 0. The summed E-state index contributed by atoms with van der Waals surface area (Å²) in [5.41, 5.74) is 4.54. The van der Waals surface area contributed by atoms with Crippen LogP contribution in [0.2, 0.25) is 0 Å². The smallest absolute Gasteiger partial charge is 0.0629 e. The molecule has 0 spiro atoms. The van der Waals surface area contributed by atoms with Crippen molar-refractivity contribution in [2.24, 2.45) is 0 Å². The fraction of sp³-hybridized carbons (Fsp3) is 0. The lowest BCUT2D eigenvalue weighted by Crippen LogP contribution is -1.97. The topological polar surface area (TPSA) is 9.86 Å². The van der Waals surface area contributed by atoms with Gasteiger partial charge in [-0.05, 0) is 105 Å². The molecule has 2 heterocycles. The van der Waals surface area contributed by atoms with Gasteiger partial charge in [0.15, 0.2) is 0 Å². The van der Waals surface area contributed by atoms with Gasteiger partial charge in [-0.25, -0.2) is 0 Å². The summed E-state index contributed by atoms with van der Waals surface area (Å²) in [4.78, 5) is 0. The van der Waals surface area contributed by atoms with E-state index in [1.165, 1.54) is 12.1 Å². The lowest BCUT2D eigenvalue weighted by atomic mass is 9.84. The Labute approximate surface area is 346 Å². The molecule has 11 aromatic rings. The van der Waals surface area contributed by atoms with Crippen LogP contribution in [-0.2, 0) is 0 Å². The van der Waals surface area contributed by atoms with Crippen LogP contribution in [0, 0.1) is 0 Å². The maximum absolute atomic E-state index is 9.24. The molecule has 0 unspecified atom stereocenters. The molecule has 11 rings (SSSR count). The summed E-state index contributed by atoms with van der Waals surface area (Å²) >= 11 is 0. The van der Waals surface area contributed by atoms with Gasteiger partial charge in [-0.15, -0.1) is 0 Å². The van der Waals surface area contributed by atoms with Crippen LogP contribution >= 0.6 is 0 Å². The SMILES string of the molecule is [2H]c1c([2H])c([2H])c(-c2cc(-c3c([2H])c([2H])c([2H])c([2H])c3[2H])c(-c3cccc(-n4c5ccccc5c5cc(-n6c7ccccc7c7ccccc76)ccc54)c3)c(-c3c([2H])c([2H])c([2H])c([2H])c3[2H])c2)c([2H])c1[2H]. The molecule has 0 bridgehead atoms. The van der Waals surface area contributed by atoms with Crippen LogP contribution in [0.3, 0.4) is 0 Å². The molecular weight excluding hydrogens is 677 g/mol. The largest absolute Gasteiger partial charge is 0.309 e. The molecule has 0 saturated carbocycles. The number of benzene rings is 9. The van der Waals surface area contributed by atoms with Gasteiger partial charge in [0, 0.05) is 32.9 Å². The van der Waals surface area contributed by atoms with Crippen LogP contribution in [0.15, 0.2) is 218 Å². The van der Waals surface area contributed by atoms with E-state index in [0.717, 1.165) is 49.3 Å². The average Bonchev–Trinajstić information content (AvgIpc) is 3.90. The monoisotopic (exact) mass is 727 g/mol. The predicted molar refractivity (Wildman–Crippen MR) is 237 cm³/mol. The minimum atomic E-state index is -0.677. The lowest BCUT2D eigenvalue weighted by molar-refractivity contribution is 1.17. The lowest BCUT2D eigenvalue weighted by Gasteiger charge is -2.20. The molecule has 262 valence electrons. The third kappa shape index (κ3) is 5.19. The zero-order valence-corrected chi connectivity index (χ0v) is 29.5. The van der Waals surface area contributed by atoms with Gasteiger partial charge in [0.05, 0.1) is 42.6 Å². The van der Waals surface area contributed by atoms with Crippen molar-refractivity contribution in [2.45, 2.75) is 0 Å². The Balaban J connectivity index is 1.24. The van der Waals surface area contributed by atoms with Crippen LogP contribution in [0.1, 0.15) is 20.6 Å². The first-order valence-corrected chi connectivity index (χ1v) is 18.0. The Bertz CT molecular complexity index is 3900. The van der Waals surface area contributed by atoms with Gasteiger partial charge < -0.3 is 9.13 Å². The zero-order valence-electron chi connectivity index (χ0n) is 44.5. The molecule has 9 aromatic carbocycles. The molecule has 0 aliphatic heterocycles. The Hall–Kier alpha value is -7.42. The van der Waals surface area contributed by atoms with E-state index in [1.54, 1.807) is 12.1 Å². The summed E-state index contributed by atoms with van der Waals surface area (Å²) in [6, 6.07) is 30.8. The highest BCUT2D eigenvalue weighted by Crippen LogP contribution is 2.44. The number of hydrogen-bond donors (Lipinski definition) is 0. The number of fused-ring (bicyclic) bond motifs is 6. The highest BCUT2D eigenvalue weighted by molar-refractivity contribution is 6.12. The third-order valence-corrected chi connectivity index (χ3v) is 10.4. The fourth-order valence-electron chi connectivity index (χ4n) is 8.03. The van der Waals surface area contributed by atoms with Crippen LogP contribution in [0.5, 0.6) is 0 Å². The van der Waals surface area contributed by atoms with Crippen molar-refractivity contribution in [2.75, 3.05) is 0 Å². The summed E-state index contributed by atoms with van der Waals surface area (Å²) in [5, 5.41) is 4.12. The van der Waals surface area contributed by atoms with E-state index in [9.17, 15) is 5.48 Å². The van der Waals surface area contributed by atoms with E-state index in [1.807, 2.05) is 66.7 Å². The molecule has 2 aromatic heterocycles. The molecule has 0 saturated heterocycles. The maximum atomic E-state index is 9.24. The van der Waals surface area contributed by atoms with Crippen molar-refractivity contribution in [3.05, 3.63) is 218 Å². The van der Waals surface area contributed by atoms with Crippen molar-refractivity contribution in [3.63, 3.8) is 0 Å². The Morgan fingerprint density at radius 1 is 0.304 bits per heavy atom. The summed E-state index contributed by atoms with van der Waals surface area (Å²) in [7, 11) is 0. The molecular formula is C54H36N2.